The van der Waals surface area contributed by atoms with E-state index in [0.717, 1.165) is 31.6 Å². The van der Waals surface area contributed by atoms with Crippen LogP contribution in [0.25, 0.3) is 0 Å². The van der Waals surface area contributed by atoms with Gasteiger partial charge in [0.2, 0.25) is 0 Å². The van der Waals surface area contributed by atoms with Crippen LogP contribution in [-0.2, 0) is 6.42 Å². The number of nitrogens with one attached hydrogen (secondary N) is 1. The molecule has 1 aliphatic heterocycles. The topological polar surface area (TPSA) is 21.3 Å². The van der Waals surface area contributed by atoms with Crippen molar-refractivity contribution in [2.75, 3.05) is 12.4 Å². The molecule has 0 spiro atoms. The van der Waals surface area contributed by atoms with Crippen molar-refractivity contribution in [1.29, 1.82) is 0 Å². The molecule has 0 bridgehead atoms. The van der Waals surface area contributed by atoms with Crippen molar-refractivity contribution in [2.45, 2.75) is 51.7 Å². The Hall–Kier alpha value is -0.730. The van der Waals surface area contributed by atoms with Gasteiger partial charge in [-0.15, -0.1) is 11.6 Å². The summed E-state index contributed by atoms with van der Waals surface area (Å²) in [5, 5.41) is 3.62. The van der Waals surface area contributed by atoms with Crippen molar-refractivity contribution in [3.05, 3.63) is 29.3 Å². The van der Waals surface area contributed by atoms with E-state index in [9.17, 15) is 0 Å². The van der Waals surface area contributed by atoms with Gasteiger partial charge in [0, 0.05) is 24.4 Å². The minimum atomic E-state index is 0.0512. The number of hydrogen-bond acceptors (Lipinski definition) is 2. The molecule has 1 aromatic carbocycles. The van der Waals surface area contributed by atoms with Gasteiger partial charge in [-0.25, -0.2) is 0 Å². The Morgan fingerprint density at radius 3 is 2.74 bits per heavy atom. The summed E-state index contributed by atoms with van der Waals surface area (Å²) in [5.74, 6) is 1.69. The molecule has 19 heavy (non-hydrogen) atoms. The summed E-state index contributed by atoms with van der Waals surface area (Å²) >= 11 is 6.12. The lowest BCUT2D eigenvalue weighted by Gasteiger charge is -2.32. The van der Waals surface area contributed by atoms with Crippen LogP contribution < -0.4 is 10.1 Å². The summed E-state index contributed by atoms with van der Waals surface area (Å²) in [5.41, 5.74) is 2.68. The van der Waals surface area contributed by atoms with Crippen LogP contribution >= 0.6 is 11.6 Å². The van der Waals surface area contributed by atoms with Gasteiger partial charge < -0.3 is 10.1 Å². The normalized spacial score (nSPS) is 18.2. The van der Waals surface area contributed by atoms with Crippen LogP contribution in [0.4, 0.5) is 0 Å². The average molecular weight is 282 g/mol. The molecule has 1 aliphatic rings. The summed E-state index contributed by atoms with van der Waals surface area (Å²) in [6, 6.07) is 6.42. The Morgan fingerprint density at radius 2 is 2.11 bits per heavy atom. The zero-order valence-electron chi connectivity index (χ0n) is 12.1. The fourth-order valence-electron chi connectivity index (χ4n) is 2.63. The Bertz CT molecular complexity index is 420. The summed E-state index contributed by atoms with van der Waals surface area (Å²) in [6.07, 6.45) is 3.32. The van der Waals surface area contributed by atoms with Crippen LogP contribution in [0.3, 0.4) is 0 Å². The van der Waals surface area contributed by atoms with Gasteiger partial charge >= 0.3 is 0 Å². The third kappa shape index (κ3) is 3.24. The van der Waals surface area contributed by atoms with Gasteiger partial charge in [-0.05, 0) is 31.4 Å². The second-order valence-electron chi connectivity index (χ2n) is 5.56. The molecule has 1 heterocycles. The minimum absolute atomic E-state index is 0.0512. The number of ether oxygens (including phenoxy) is 1. The predicted octanol–water partition coefficient (Wildman–Crippen LogP) is 3.69. The molecule has 3 heteroatoms. The highest BCUT2D eigenvalue weighted by molar-refractivity contribution is 6.18. The molecule has 1 unspecified atom stereocenters. The smallest absolute Gasteiger partial charge is 0.123 e. The third-order valence-electron chi connectivity index (χ3n) is 4.27. The van der Waals surface area contributed by atoms with Gasteiger partial charge in [-0.3, -0.25) is 0 Å². The molecular weight excluding hydrogens is 258 g/mol. The van der Waals surface area contributed by atoms with Crippen LogP contribution in [0, 0.1) is 6.92 Å². The summed E-state index contributed by atoms with van der Waals surface area (Å²) in [7, 11) is 0. The molecule has 0 saturated carbocycles. The van der Waals surface area contributed by atoms with Crippen LogP contribution in [-0.4, -0.2) is 24.1 Å². The first-order valence-corrected chi connectivity index (χ1v) is 7.73. The molecule has 0 aliphatic carbocycles. The number of aryl methyl sites for hydroxylation is 1. The maximum absolute atomic E-state index is 6.12. The Morgan fingerprint density at radius 1 is 1.37 bits per heavy atom. The predicted molar refractivity (Wildman–Crippen MR) is 81.3 cm³/mol. The molecule has 0 amide bonds. The number of halogens is 1. The maximum Gasteiger partial charge on any atom is 0.123 e. The van der Waals surface area contributed by atoms with Crippen molar-refractivity contribution in [1.82, 2.24) is 5.32 Å². The van der Waals surface area contributed by atoms with Gasteiger partial charge in [-0.1, -0.05) is 31.5 Å². The molecule has 0 radical (unpaired) electrons. The average Bonchev–Trinajstić information content (AvgIpc) is 2.83. The van der Waals surface area contributed by atoms with Crippen molar-refractivity contribution >= 4 is 11.6 Å². The summed E-state index contributed by atoms with van der Waals surface area (Å²) < 4.78 is 5.99. The van der Waals surface area contributed by atoms with Crippen molar-refractivity contribution in [3.63, 3.8) is 0 Å². The molecule has 1 N–H and O–H groups in total. The van der Waals surface area contributed by atoms with Gasteiger partial charge in [0.1, 0.15) is 11.9 Å². The molecule has 0 aromatic heterocycles. The van der Waals surface area contributed by atoms with Crippen LogP contribution in [0.2, 0.25) is 0 Å². The second kappa shape index (κ2) is 6.15. The highest BCUT2D eigenvalue weighted by Crippen LogP contribution is 2.29. The highest BCUT2D eigenvalue weighted by atomic mass is 35.5. The van der Waals surface area contributed by atoms with Gasteiger partial charge in [-0.2, -0.15) is 0 Å². The fraction of sp³-hybridized carbons (Fsp3) is 0.625. The first-order valence-electron chi connectivity index (χ1n) is 7.19. The Kier molecular flexibility index (Phi) is 4.75. The van der Waals surface area contributed by atoms with Gasteiger partial charge in [0.15, 0.2) is 0 Å². The molecule has 0 fully saturated rings. The van der Waals surface area contributed by atoms with E-state index in [2.05, 4.69) is 44.3 Å². The van der Waals surface area contributed by atoms with Gasteiger partial charge in [0.25, 0.3) is 0 Å². The monoisotopic (exact) mass is 281 g/mol. The lowest BCUT2D eigenvalue weighted by atomic mass is 9.95. The van der Waals surface area contributed by atoms with Crippen LogP contribution in [0.1, 0.15) is 37.8 Å². The number of alkyl halides is 1. The van der Waals surface area contributed by atoms with E-state index in [4.69, 9.17) is 16.3 Å². The van der Waals surface area contributed by atoms with Crippen LogP contribution in [0.15, 0.2) is 18.2 Å². The third-order valence-corrected chi connectivity index (χ3v) is 4.78. The number of fused-ring (bicyclic) bond motifs is 1. The molecule has 1 atom stereocenters. The van der Waals surface area contributed by atoms with E-state index in [-0.39, 0.29) is 11.6 Å². The highest BCUT2D eigenvalue weighted by Gasteiger charge is 2.28. The van der Waals surface area contributed by atoms with E-state index in [1.165, 1.54) is 11.1 Å². The largest absolute Gasteiger partial charge is 0.488 e. The maximum atomic E-state index is 6.12. The van der Waals surface area contributed by atoms with E-state index in [1.807, 2.05) is 0 Å². The number of hydrogen-bond donors (Lipinski definition) is 1. The molecular formula is C16H24ClNO. The lowest BCUT2D eigenvalue weighted by Crippen LogP contribution is -2.49. The summed E-state index contributed by atoms with van der Waals surface area (Å²) in [4.78, 5) is 0. The van der Waals surface area contributed by atoms with Gasteiger partial charge in [0.05, 0.1) is 0 Å². The SMILES string of the molecule is CCC(CC)(CCl)NCC1Cc2cc(C)ccc2O1. The quantitative estimate of drug-likeness (QED) is 0.803. The standard InChI is InChI=1S/C16H24ClNO/c1-4-16(5-2,11-17)18-10-14-9-13-8-12(3)6-7-15(13)19-14/h6-8,14,18H,4-5,9-11H2,1-3H3. The van der Waals surface area contributed by atoms with E-state index < -0.39 is 0 Å². The molecule has 1 aromatic rings. The Balaban J connectivity index is 1.93. The molecule has 0 saturated heterocycles. The second-order valence-corrected chi connectivity index (χ2v) is 5.82. The minimum Gasteiger partial charge on any atom is -0.488 e. The van der Waals surface area contributed by atoms with Crippen molar-refractivity contribution in [3.8, 4) is 5.75 Å². The van der Waals surface area contributed by atoms with Crippen LogP contribution in [0.5, 0.6) is 5.75 Å². The zero-order chi connectivity index (χ0) is 13.9. The number of benzene rings is 1. The number of rotatable bonds is 6. The van der Waals surface area contributed by atoms with E-state index >= 15 is 0 Å². The van der Waals surface area contributed by atoms with E-state index in [0.29, 0.717) is 5.88 Å². The molecule has 106 valence electrons. The lowest BCUT2D eigenvalue weighted by molar-refractivity contribution is 0.201. The summed E-state index contributed by atoms with van der Waals surface area (Å²) in [6.45, 7) is 7.36. The first kappa shape index (κ1) is 14.7. The molecule has 2 rings (SSSR count). The fourth-order valence-corrected chi connectivity index (χ4v) is 3.10. The van der Waals surface area contributed by atoms with E-state index in [1.54, 1.807) is 0 Å². The van der Waals surface area contributed by atoms with Crippen molar-refractivity contribution in [2.24, 2.45) is 0 Å². The first-order chi connectivity index (χ1) is 9.12. The zero-order valence-corrected chi connectivity index (χ0v) is 12.9. The molecule has 2 nitrogen and oxygen atoms in total. The Labute approximate surface area is 121 Å². The van der Waals surface area contributed by atoms with Crippen molar-refractivity contribution < 1.29 is 4.74 Å².